The third kappa shape index (κ3) is 7.03. The molecule has 0 aliphatic heterocycles. The van der Waals surface area contributed by atoms with E-state index in [0.717, 1.165) is 0 Å². The number of hydrogen-bond donors (Lipinski definition) is 1. The second-order valence-electron chi connectivity index (χ2n) is 3.92. The van der Waals surface area contributed by atoms with Gasteiger partial charge in [-0.2, -0.15) is 13.2 Å². The summed E-state index contributed by atoms with van der Waals surface area (Å²) in [6, 6.07) is 5.44. The standard InChI is InChI=1S/C12H14F3NO2.ClH/c1-8(17)18-10-4-2-9(3-5-10)11(16)6-7-12(13,14)15;/h2-5,11H,6-7,16H2,1H3;1H/t11-;/m1./s1. The van der Waals surface area contributed by atoms with Gasteiger partial charge in [-0.05, 0) is 24.1 Å². The molecule has 7 heteroatoms. The van der Waals surface area contributed by atoms with Gasteiger partial charge in [-0.25, -0.2) is 0 Å². The highest BCUT2D eigenvalue weighted by Gasteiger charge is 2.27. The molecule has 0 aliphatic rings. The number of rotatable bonds is 4. The van der Waals surface area contributed by atoms with Crippen LogP contribution in [0.4, 0.5) is 13.2 Å². The van der Waals surface area contributed by atoms with Crippen LogP contribution in [0, 0.1) is 0 Å². The zero-order chi connectivity index (χ0) is 13.8. The van der Waals surface area contributed by atoms with Gasteiger partial charge in [0.15, 0.2) is 0 Å². The van der Waals surface area contributed by atoms with Gasteiger partial charge in [0.25, 0.3) is 0 Å². The third-order valence-electron chi connectivity index (χ3n) is 2.31. The lowest BCUT2D eigenvalue weighted by atomic mass is 10.0. The molecule has 108 valence electrons. The molecular formula is C12H15ClF3NO2. The highest BCUT2D eigenvalue weighted by molar-refractivity contribution is 5.85. The summed E-state index contributed by atoms with van der Waals surface area (Å²) in [5.41, 5.74) is 6.22. The Hall–Kier alpha value is -1.27. The topological polar surface area (TPSA) is 52.3 Å². The van der Waals surface area contributed by atoms with E-state index in [1.54, 1.807) is 12.1 Å². The lowest BCUT2D eigenvalue weighted by molar-refractivity contribution is -0.136. The Morgan fingerprint density at radius 2 is 1.84 bits per heavy atom. The van der Waals surface area contributed by atoms with Crippen molar-refractivity contribution in [3.8, 4) is 5.75 Å². The Labute approximate surface area is 115 Å². The molecule has 1 rings (SSSR count). The maximum atomic E-state index is 12.0. The number of alkyl halides is 3. The smallest absolute Gasteiger partial charge is 0.389 e. The lowest BCUT2D eigenvalue weighted by Gasteiger charge is -2.13. The Kier molecular flexibility index (Phi) is 6.86. The molecule has 1 atom stereocenters. The van der Waals surface area contributed by atoms with E-state index in [4.69, 9.17) is 10.5 Å². The maximum Gasteiger partial charge on any atom is 0.389 e. The van der Waals surface area contributed by atoms with Gasteiger partial charge < -0.3 is 10.5 Å². The van der Waals surface area contributed by atoms with Gasteiger partial charge in [0.2, 0.25) is 0 Å². The van der Waals surface area contributed by atoms with Gasteiger partial charge in [-0.1, -0.05) is 12.1 Å². The predicted octanol–water partition coefficient (Wildman–Crippen LogP) is 3.38. The van der Waals surface area contributed by atoms with E-state index >= 15 is 0 Å². The molecule has 0 aliphatic carbocycles. The van der Waals surface area contributed by atoms with Crippen LogP contribution in [0.5, 0.6) is 5.75 Å². The molecule has 0 bridgehead atoms. The monoisotopic (exact) mass is 297 g/mol. The summed E-state index contributed by atoms with van der Waals surface area (Å²) in [4.78, 5) is 10.7. The van der Waals surface area contributed by atoms with Crippen molar-refractivity contribution in [2.24, 2.45) is 5.73 Å². The molecule has 0 spiro atoms. The minimum Gasteiger partial charge on any atom is -0.427 e. The largest absolute Gasteiger partial charge is 0.427 e. The fraction of sp³-hybridized carbons (Fsp3) is 0.417. The van der Waals surface area contributed by atoms with Crippen molar-refractivity contribution in [2.45, 2.75) is 32.0 Å². The van der Waals surface area contributed by atoms with Gasteiger partial charge >= 0.3 is 12.1 Å². The molecule has 3 nitrogen and oxygen atoms in total. The number of halogens is 4. The maximum absolute atomic E-state index is 12.0. The molecule has 0 saturated carbocycles. The number of benzene rings is 1. The molecule has 0 fully saturated rings. The van der Waals surface area contributed by atoms with E-state index in [9.17, 15) is 18.0 Å². The second-order valence-corrected chi connectivity index (χ2v) is 3.92. The summed E-state index contributed by atoms with van der Waals surface area (Å²) in [6.07, 6.45) is -5.29. The van der Waals surface area contributed by atoms with Crippen molar-refractivity contribution < 1.29 is 22.7 Å². The Morgan fingerprint density at radius 3 is 2.26 bits per heavy atom. The van der Waals surface area contributed by atoms with Crippen LogP contribution in [0.25, 0.3) is 0 Å². The van der Waals surface area contributed by atoms with Crippen molar-refractivity contribution >= 4 is 18.4 Å². The van der Waals surface area contributed by atoms with Gasteiger partial charge in [0, 0.05) is 19.4 Å². The van der Waals surface area contributed by atoms with Crippen LogP contribution in [0.2, 0.25) is 0 Å². The molecule has 19 heavy (non-hydrogen) atoms. The summed E-state index contributed by atoms with van der Waals surface area (Å²) in [5.74, 6) is -0.113. The molecule has 0 unspecified atom stereocenters. The first-order valence-electron chi connectivity index (χ1n) is 5.38. The number of carbonyl (C=O) groups is 1. The molecule has 0 amide bonds. The molecule has 2 N–H and O–H groups in total. The quantitative estimate of drug-likeness (QED) is 0.685. The molecular weight excluding hydrogens is 283 g/mol. The van der Waals surface area contributed by atoms with E-state index < -0.39 is 24.6 Å². The zero-order valence-electron chi connectivity index (χ0n) is 10.2. The van der Waals surface area contributed by atoms with Crippen LogP contribution in [0.3, 0.4) is 0 Å². The summed E-state index contributed by atoms with van der Waals surface area (Å²) < 4.78 is 40.9. The van der Waals surface area contributed by atoms with Crippen molar-refractivity contribution in [3.63, 3.8) is 0 Å². The fourth-order valence-electron chi connectivity index (χ4n) is 1.43. The van der Waals surface area contributed by atoms with Crippen molar-refractivity contribution in [1.82, 2.24) is 0 Å². The summed E-state index contributed by atoms with van der Waals surface area (Å²) >= 11 is 0. The molecule has 0 radical (unpaired) electrons. The number of nitrogens with two attached hydrogens (primary N) is 1. The summed E-state index contributed by atoms with van der Waals surface area (Å²) in [7, 11) is 0. The minimum atomic E-state index is -4.20. The number of esters is 1. The Morgan fingerprint density at radius 1 is 1.32 bits per heavy atom. The van der Waals surface area contributed by atoms with Crippen LogP contribution < -0.4 is 10.5 Å². The van der Waals surface area contributed by atoms with Crippen molar-refractivity contribution in [2.75, 3.05) is 0 Å². The molecule has 1 aromatic carbocycles. The Bertz CT molecular complexity index is 406. The van der Waals surface area contributed by atoms with Crippen LogP contribution in [-0.2, 0) is 4.79 Å². The first-order chi connectivity index (χ1) is 8.28. The van der Waals surface area contributed by atoms with Crippen LogP contribution in [-0.4, -0.2) is 12.1 Å². The highest BCUT2D eigenvalue weighted by atomic mass is 35.5. The van der Waals surface area contributed by atoms with Crippen molar-refractivity contribution in [1.29, 1.82) is 0 Å². The van der Waals surface area contributed by atoms with E-state index in [1.165, 1.54) is 19.1 Å². The first kappa shape index (κ1) is 17.7. The minimum absolute atomic E-state index is 0. The van der Waals surface area contributed by atoms with E-state index in [0.29, 0.717) is 11.3 Å². The van der Waals surface area contributed by atoms with Crippen molar-refractivity contribution in [3.05, 3.63) is 29.8 Å². The number of ether oxygens (including phenoxy) is 1. The normalized spacial score (nSPS) is 12.5. The highest BCUT2D eigenvalue weighted by Crippen LogP contribution is 2.27. The number of carbonyl (C=O) groups excluding carboxylic acids is 1. The third-order valence-corrected chi connectivity index (χ3v) is 2.31. The van der Waals surface area contributed by atoms with Gasteiger partial charge in [-0.15, -0.1) is 12.4 Å². The van der Waals surface area contributed by atoms with Crippen LogP contribution >= 0.6 is 12.4 Å². The fourth-order valence-corrected chi connectivity index (χ4v) is 1.43. The SMILES string of the molecule is CC(=O)Oc1ccc([C@H](N)CCC(F)(F)F)cc1.Cl. The second kappa shape index (κ2) is 7.35. The Balaban J connectivity index is 0.00000324. The predicted molar refractivity (Wildman–Crippen MR) is 67.2 cm³/mol. The molecule has 1 aromatic rings. The first-order valence-corrected chi connectivity index (χ1v) is 5.38. The zero-order valence-corrected chi connectivity index (χ0v) is 11.1. The van der Waals surface area contributed by atoms with E-state index in [1.807, 2.05) is 0 Å². The van der Waals surface area contributed by atoms with Crippen LogP contribution in [0.1, 0.15) is 31.4 Å². The lowest BCUT2D eigenvalue weighted by Crippen LogP contribution is -2.15. The molecule has 0 aromatic heterocycles. The summed E-state index contributed by atoms with van der Waals surface area (Å²) in [5, 5.41) is 0. The van der Waals surface area contributed by atoms with Gasteiger partial charge in [0.05, 0.1) is 0 Å². The average Bonchev–Trinajstić information content (AvgIpc) is 2.25. The average molecular weight is 298 g/mol. The van der Waals surface area contributed by atoms with Gasteiger partial charge in [-0.3, -0.25) is 4.79 Å². The van der Waals surface area contributed by atoms with E-state index in [2.05, 4.69) is 0 Å². The van der Waals surface area contributed by atoms with Gasteiger partial charge in [0.1, 0.15) is 5.75 Å². The molecule has 0 heterocycles. The van der Waals surface area contributed by atoms with Crippen LogP contribution in [0.15, 0.2) is 24.3 Å². The molecule has 0 saturated heterocycles. The van der Waals surface area contributed by atoms with E-state index in [-0.39, 0.29) is 18.8 Å². The summed E-state index contributed by atoms with van der Waals surface area (Å²) in [6.45, 7) is 1.27. The number of hydrogen-bond acceptors (Lipinski definition) is 3.